The Morgan fingerprint density at radius 2 is 1.74 bits per heavy atom. The van der Waals surface area contributed by atoms with Gasteiger partial charge in [-0.15, -0.1) is 11.6 Å². The van der Waals surface area contributed by atoms with Crippen LogP contribution in [0.3, 0.4) is 0 Å². The van der Waals surface area contributed by atoms with Crippen molar-refractivity contribution in [2.75, 3.05) is 12.4 Å². The number of Topliss-reactive ketones (excluding diaryl/α,β-unsaturated/α-hetero) is 1. The van der Waals surface area contributed by atoms with Gasteiger partial charge in [0.2, 0.25) is 11.7 Å². The molecule has 3 rings (SSSR count). The lowest BCUT2D eigenvalue weighted by Gasteiger charge is -2.19. The summed E-state index contributed by atoms with van der Waals surface area (Å²) >= 11 is 11.6. The van der Waals surface area contributed by atoms with Crippen molar-refractivity contribution >= 4 is 52.5 Å². The number of carbonyl (C=O) groups excluding carboxylic acids is 4. The van der Waals surface area contributed by atoms with Crippen molar-refractivity contribution in [2.24, 2.45) is 5.92 Å². The van der Waals surface area contributed by atoms with E-state index in [1.165, 1.54) is 36.4 Å². The van der Waals surface area contributed by atoms with E-state index in [2.05, 4.69) is 5.43 Å². The number of rotatable bonds is 9. The topological polar surface area (TPSA) is 136 Å². The molecule has 0 unspecified atom stereocenters. The third-order valence-corrected chi connectivity index (χ3v) is 5.56. The Bertz CT molecular complexity index is 1110. The molecule has 0 spiro atoms. The number of hydrogen-bond donors (Lipinski definition) is 1. The molecule has 178 valence electrons. The number of nitrogens with one attached hydrogen (secondary N) is 1. The van der Waals surface area contributed by atoms with Gasteiger partial charge in [-0.3, -0.25) is 39.7 Å². The van der Waals surface area contributed by atoms with Crippen LogP contribution in [-0.4, -0.2) is 52.0 Å². The van der Waals surface area contributed by atoms with E-state index in [0.717, 1.165) is 17.1 Å². The summed E-state index contributed by atoms with van der Waals surface area (Å²) in [5.41, 5.74) is 2.59. The Labute approximate surface area is 203 Å². The van der Waals surface area contributed by atoms with Crippen molar-refractivity contribution in [2.45, 2.75) is 18.9 Å². The van der Waals surface area contributed by atoms with Gasteiger partial charge in [-0.05, 0) is 36.4 Å². The number of halogens is 2. The number of benzene rings is 2. The average Bonchev–Trinajstić information content (AvgIpc) is 3.19. The summed E-state index contributed by atoms with van der Waals surface area (Å²) in [6.07, 6.45) is -1.27. The Balaban J connectivity index is 1.61. The third kappa shape index (κ3) is 6.09. The molecular formula is C22H19Cl2N3O7. The maximum Gasteiger partial charge on any atom is 0.312 e. The minimum atomic E-state index is -1.13. The van der Waals surface area contributed by atoms with Crippen LogP contribution in [0, 0.1) is 16.0 Å². The van der Waals surface area contributed by atoms with Crippen LogP contribution in [0.15, 0.2) is 48.5 Å². The van der Waals surface area contributed by atoms with Gasteiger partial charge in [0.05, 0.1) is 17.4 Å². The number of non-ortho nitro benzene ring substituents is 1. The number of ketones is 1. The molecule has 2 atom stereocenters. The number of nitro groups is 1. The van der Waals surface area contributed by atoms with E-state index in [0.29, 0.717) is 10.6 Å². The van der Waals surface area contributed by atoms with Crippen molar-refractivity contribution in [1.82, 2.24) is 10.4 Å². The Kier molecular flexibility index (Phi) is 8.19. The van der Waals surface area contributed by atoms with Gasteiger partial charge in [0.15, 0.2) is 6.10 Å². The fraction of sp³-hybridized carbons (Fsp3) is 0.273. The number of nitrogens with zero attached hydrogens (tertiary/aromatic N) is 2. The number of nitro benzene ring substituents is 1. The second kappa shape index (κ2) is 11.1. The summed E-state index contributed by atoms with van der Waals surface area (Å²) in [5, 5.41) is 12.2. The van der Waals surface area contributed by atoms with Crippen LogP contribution in [-0.2, 0) is 14.3 Å². The zero-order chi connectivity index (χ0) is 24.8. The van der Waals surface area contributed by atoms with Crippen molar-refractivity contribution in [3.05, 3.63) is 74.8 Å². The summed E-state index contributed by atoms with van der Waals surface area (Å²) < 4.78 is 5.38. The molecule has 1 heterocycles. The molecule has 2 aromatic carbocycles. The highest BCUT2D eigenvalue weighted by Crippen LogP contribution is 2.21. The highest BCUT2D eigenvalue weighted by Gasteiger charge is 2.38. The van der Waals surface area contributed by atoms with E-state index in [-0.39, 0.29) is 36.5 Å². The van der Waals surface area contributed by atoms with Gasteiger partial charge in [-0.2, -0.15) is 0 Å². The van der Waals surface area contributed by atoms with Crippen molar-refractivity contribution in [3.8, 4) is 0 Å². The zero-order valence-corrected chi connectivity index (χ0v) is 19.1. The van der Waals surface area contributed by atoms with E-state index >= 15 is 0 Å². The summed E-state index contributed by atoms with van der Waals surface area (Å²) in [5.74, 6) is -3.24. The van der Waals surface area contributed by atoms with Crippen molar-refractivity contribution < 1.29 is 28.8 Å². The first-order valence-electron chi connectivity index (χ1n) is 10.1. The number of hydrogen-bond acceptors (Lipinski definition) is 7. The molecule has 0 radical (unpaired) electrons. The molecule has 1 aliphatic heterocycles. The van der Waals surface area contributed by atoms with Crippen molar-refractivity contribution in [3.63, 3.8) is 0 Å². The molecule has 0 aliphatic carbocycles. The number of amides is 2. The van der Waals surface area contributed by atoms with Crippen LogP contribution in [0.4, 0.5) is 5.69 Å². The molecule has 2 aromatic rings. The zero-order valence-electron chi connectivity index (χ0n) is 17.6. The molecule has 1 fully saturated rings. The smallest absolute Gasteiger partial charge is 0.312 e. The van der Waals surface area contributed by atoms with Crippen molar-refractivity contribution in [1.29, 1.82) is 0 Å². The monoisotopic (exact) mass is 507 g/mol. The van der Waals surface area contributed by atoms with Crippen LogP contribution in [0.2, 0.25) is 5.02 Å². The van der Waals surface area contributed by atoms with Crippen LogP contribution in [0.25, 0.3) is 0 Å². The predicted octanol–water partition coefficient (Wildman–Crippen LogP) is 3.17. The van der Waals surface area contributed by atoms with Gasteiger partial charge in [0.25, 0.3) is 11.6 Å². The summed E-state index contributed by atoms with van der Waals surface area (Å²) in [4.78, 5) is 60.2. The molecule has 0 aromatic heterocycles. The first kappa shape index (κ1) is 25.1. The average molecular weight is 508 g/mol. The molecule has 10 nitrogen and oxygen atoms in total. The van der Waals surface area contributed by atoms with E-state index in [1.54, 1.807) is 0 Å². The molecule has 2 amide bonds. The molecule has 12 heteroatoms. The lowest BCUT2D eigenvalue weighted by atomic mass is 10.0. The fourth-order valence-electron chi connectivity index (χ4n) is 3.27. The standard InChI is InChI=1S/C22H19Cl2N3O7/c23-10-9-18(20(29)13-1-5-16(24)6-2-13)34-22(31)15-11-19(28)26(12-15)25-21(30)14-3-7-17(8-4-14)27(32)33/h1-8,15,18H,9-12H2,(H,25,30)/t15-,18+/m1/s1. The summed E-state index contributed by atoms with van der Waals surface area (Å²) in [6.45, 7) is -0.154. The Morgan fingerprint density at radius 1 is 1.12 bits per heavy atom. The van der Waals surface area contributed by atoms with Crippen LogP contribution in [0.1, 0.15) is 33.6 Å². The molecule has 34 heavy (non-hydrogen) atoms. The first-order chi connectivity index (χ1) is 16.2. The molecule has 0 bridgehead atoms. The number of ether oxygens (including phenoxy) is 1. The lowest BCUT2D eigenvalue weighted by Crippen LogP contribution is -2.43. The molecular weight excluding hydrogens is 489 g/mol. The third-order valence-electron chi connectivity index (χ3n) is 5.09. The van der Waals surface area contributed by atoms with E-state index in [1.807, 2.05) is 0 Å². The van der Waals surface area contributed by atoms with Gasteiger partial charge in [0, 0.05) is 47.0 Å². The number of carbonyl (C=O) groups is 4. The first-order valence-corrected chi connectivity index (χ1v) is 11.0. The molecule has 1 saturated heterocycles. The lowest BCUT2D eigenvalue weighted by molar-refractivity contribution is -0.384. The molecule has 0 saturated carbocycles. The Hall–Kier alpha value is -3.50. The number of hydrazine groups is 1. The fourth-order valence-corrected chi connectivity index (χ4v) is 3.60. The SMILES string of the molecule is O=C(NN1C[C@H](C(=O)O[C@@H](CCCl)C(=O)c2ccc(Cl)cc2)CC1=O)c1ccc([N+](=O)[O-])cc1. The second-order valence-corrected chi connectivity index (χ2v) is 8.24. The Morgan fingerprint density at radius 3 is 2.32 bits per heavy atom. The van der Waals surface area contributed by atoms with E-state index in [9.17, 15) is 29.3 Å². The van der Waals surface area contributed by atoms with Crippen LogP contribution in [0.5, 0.6) is 0 Å². The maximum atomic E-state index is 12.7. The van der Waals surface area contributed by atoms with Gasteiger partial charge >= 0.3 is 5.97 Å². The van der Waals surface area contributed by atoms with E-state index in [4.69, 9.17) is 27.9 Å². The quantitative estimate of drug-likeness (QED) is 0.181. The highest BCUT2D eigenvalue weighted by atomic mass is 35.5. The summed E-state index contributed by atoms with van der Waals surface area (Å²) in [7, 11) is 0. The van der Waals surface area contributed by atoms with Gasteiger partial charge < -0.3 is 4.74 Å². The largest absolute Gasteiger partial charge is 0.454 e. The van der Waals surface area contributed by atoms with Gasteiger partial charge in [-0.25, -0.2) is 0 Å². The minimum absolute atomic E-state index is 0.0678. The maximum absolute atomic E-state index is 12.7. The second-order valence-electron chi connectivity index (χ2n) is 7.42. The normalized spacial score (nSPS) is 16.1. The molecule has 1 aliphatic rings. The highest BCUT2D eigenvalue weighted by molar-refractivity contribution is 6.30. The van der Waals surface area contributed by atoms with Gasteiger partial charge in [-0.1, -0.05) is 11.6 Å². The predicted molar refractivity (Wildman–Crippen MR) is 121 cm³/mol. The molecule has 1 N–H and O–H groups in total. The van der Waals surface area contributed by atoms with E-state index < -0.39 is 40.5 Å². The minimum Gasteiger partial charge on any atom is -0.454 e. The summed E-state index contributed by atoms with van der Waals surface area (Å²) in [6, 6.07) is 10.9. The van der Waals surface area contributed by atoms with Crippen LogP contribution < -0.4 is 5.43 Å². The van der Waals surface area contributed by atoms with Crippen LogP contribution >= 0.6 is 23.2 Å². The van der Waals surface area contributed by atoms with Gasteiger partial charge in [0.1, 0.15) is 0 Å². The number of alkyl halides is 1. The number of esters is 1.